The molecular weight excluding hydrogens is 258 g/mol. The van der Waals surface area contributed by atoms with Crippen LogP contribution in [0.25, 0.3) is 0 Å². The number of hydrogen-bond donors (Lipinski definition) is 1. The van der Waals surface area contributed by atoms with Gasteiger partial charge in [-0.15, -0.1) is 0 Å². The van der Waals surface area contributed by atoms with Gasteiger partial charge >= 0.3 is 6.09 Å². The van der Waals surface area contributed by atoms with Crippen LogP contribution in [0.15, 0.2) is 12.3 Å². The molecule has 1 amide bonds. The molecule has 0 atom stereocenters. The van der Waals surface area contributed by atoms with Gasteiger partial charge in [0.15, 0.2) is 0 Å². The van der Waals surface area contributed by atoms with Gasteiger partial charge in [0, 0.05) is 46.5 Å². The fraction of sp³-hybridized carbons (Fsp3) is 0.615. The number of carbonyl (C=O) groups is 1. The van der Waals surface area contributed by atoms with Crippen molar-refractivity contribution in [3.63, 3.8) is 0 Å². The summed E-state index contributed by atoms with van der Waals surface area (Å²) in [4.78, 5) is 25.2. The molecule has 1 aromatic heterocycles. The van der Waals surface area contributed by atoms with Crippen LogP contribution in [0.2, 0.25) is 0 Å². The molecule has 0 bridgehead atoms. The first kappa shape index (κ1) is 14.4. The van der Waals surface area contributed by atoms with E-state index in [1.165, 1.54) is 4.90 Å². The average Bonchev–Trinajstić information content (AvgIpc) is 2.46. The number of piperidine rings is 1. The summed E-state index contributed by atoms with van der Waals surface area (Å²) in [6.45, 7) is 1.13. The molecule has 1 N–H and O–H groups in total. The van der Waals surface area contributed by atoms with Crippen molar-refractivity contribution < 1.29 is 9.90 Å². The molecule has 1 aliphatic heterocycles. The van der Waals surface area contributed by atoms with Gasteiger partial charge in [0.25, 0.3) is 0 Å². The van der Waals surface area contributed by atoms with Crippen molar-refractivity contribution in [2.75, 3.05) is 44.0 Å². The molecule has 7 heteroatoms. The molecule has 0 aromatic carbocycles. The van der Waals surface area contributed by atoms with E-state index in [4.69, 9.17) is 5.11 Å². The fourth-order valence-electron chi connectivity index (χ4n) is 2.37. The van der Waals surface area contributed by atoms with Crippen LogP contribution in [-0.4, -0.2) is 66.3 Å². The number of amides is 1. The normalized spacial score (nSPS) is 16.1. The van der Waals surface area contributed by atoms with Crippen LogP contribution < -0.4 is 9.80 Å². The first-order chi connectivity index (χ1) is 9.49. The summed E-state index contributed by atoms with van der Waals surface area (Å²) in [7, 11) is 5.85. The molecule has 20 heavy (non-hydrogen) atoms. The first-order valence-electron chi connectivity index (χ1n) is 6.70. The third-order valence-corrected chi connectivity index (χ3v) is 3.68. The van der Waals surface area contributed by atoms with Gasteiger partial charge in [-0.3, -0.25) is 0 Å². The number of likely N-dealkylation sites (tertiary alicyclic amines) is 1. The van der Waals surface area contributed by atoms with Gasteiger partial charge in [0.1, 0.15) is 5.82 Å². The van der Waals surface area contributed by atoms with E-state index >= 15 is 0 Å². The highest BCUT2D eigenvalue weighted by atomic mass is 16.4. The highest BCUT2D eigenvalue weighted by Crippen LogP contribution is 2.20. The van der Waals surface area contributed by atoms with Crippen molar-refractivity contribution in [1.82, 2.24) is 14.9 Å². The lowest BCUT2D eigenvalue weighted by Crippen LogP contribution is -2.45. The number of rotatable bonds is 3. The number of aromatic nitrogens is 2. The molecule has 2 heterocycles. The lowest BCUT2D eigenvalue weighted by Gasteiger charge is -2.35. The molecule has 0 unspecified atom stereocenters. The third-order valence-electron chi connectivity index (χ3n) is 3.68. The fourth-order valence-corrected chi connectivity index (χ4v) is 2.37. The maximum atomic E-state index is 10.9. The van der Waals surface area contributed by atoms with Crippen LogP contribution in [0, 0.1) is 0 Å². The minimum absolute atomic E-state index is 0.281. The quantitative estimate of drug-likeness (QED) is 0.894. The summed E-state index contributed by atoms with van der Waals surface area (Å²) in [6.07, 6.45) is 2.52. The Balaban J connectivity index is 2.03. The average molecular weight is 279 g/mol. The van der Waals surface area contributed by atoms with Gasteiger partial charge in [0.2, 0.25) is 5.95 Å². The molecule has 7 nitrogen and oxygen atoms in total. The SMILES string of the molecule is CN(C)c1ccnc(N(C)C2CCN(C(=O)O)CC2)n1. The van der Waals surface area contributed by atoms with E-state index in [0.29, 0.717) is 19.0 Å². The lowest BCUT2D eigenvalue weighted by molar-refractivity contribution is 0.132. The lowest BCUT2D eigenvalue weighted by atomic mass is 10.0. The second kappa shape index (κ2) is 5.94. The molecular formula is C13H21N5O2. The highest BCUT2D eigenvalue weighted by molar-refractivity contribution is 5.65. The number of anilines is 2. The Hall–Kier alpha value is -2.05. The van der Waals surface area contributed by atoms with E-state index in [0.717, 1.165) is 18.7 Å². The summed E-state index contributed by atoms with van der Waals surface area (Å²) in [5.41, 5.74) is 0. The zero-order valence-electron chi connectivity index (χ0n) is 12.2. The van der Waals surface area contributed by atoms with Gasteiger partial charge in [-0.05, 0) is 18.9 Å². The zero-order chi connectivity index (χ0) is 14.7. The van der Waals surface area contributed by atoms with Gasteiger partial charge in [-0.25, -0.2) is 9.78 Å². The molecule has 1 saturated heterocycles. The second-order valence-corrected chi connectivity index (χ2v) is 5.22. The smallest absolute Gasteiger partial charge is 0.407 e. The number of hydrogen-bond acceptors (Lipinski definition) is 5. The maximum absolute atomic E-state index is 10.9. The largest absolute Gasteiger partial charge is 0.465 e. The molecule has 0 saturated carbocycles. The van der Waals surface area contributed by atoms with Crippen LogP contribution >= 0.6 is 0 Å². The predicted octanol–water partition coefficient (Wildman–Crippen LogP) is 1.12. The third kappa shape index (κ3) is 3.09. The topological polar surface area (TPSA) is 72.8 Å². The van der Waals surface area contributed by atoms with E-state index in [1.807, 2.05) is 37.0 Å². The summed E-state index contributed by atoms with van der Waals surface area (Å²) in [5.74, 6) is 1.55. The highest BCUT2D eigenvalue weighted by Gasteiger charge is 2.26. The standard InChI is InChI=1S/C13H21N5O2/c1-16(2)11-4-7-14-12(15-11)17(3)10-5-8-18(9-6-10)13(19)20/h4,7,10H,5-6,8-9H2,1-3H3,(H,19,20). The maximum Gasteiger partial charge on any atom is 0.407 e. The molecule has 1 fully saturated rings. The van der Waals surface area contributed by atoms with E-state index in [1.54, 1.807) is 6.20 Å². The van der Waals surface area contributed by atoms with E-state index in [9.17, 15) is 4.79 Å². The first-order valence-corrected chi connectivity index (χ1v) is 6.70. The Bertz CT molecular complexity index is 472. The molecule has 110 valence electrons. The summed E-state index contributed by atoms with van der Waals surface area (Å²) >= 11 is 0. The Kier molecular flexibility index (Phi) is 4.26. The molecule has 1 aromatic rings. The minimum atomic E-state index is -0.836. The number of nitrogens with zero attached hydrogens (tertiary/aromatic N) is 5. The Labute approximate surface area is 118 Å². The summed E-state index contributed by atoms with van der Waals surface area (Å²) < 4.78 is 0. The van der Waals surface area contributed by atoms with Gasteiger partial charge < -0.3 is 19.8 Å². The van der Waals surface area contributed by atoms with E-state index in [2.05, 4.69) is 9.97 Å². The Morgan fingerprint density at radius 1 is 1.35 bits per heavy atom. The molecule has 0 radical (unpaired) electrons. The van der Waals surface area contributed by atoms with Crippen LogP contribution in [-0.2, 0) is 0 Å². The van der Waals surface area contributed by atoms with Crippen molar-refractivity contribution in [1.29, 1.82) is 0 Å². The summed E-state index contributed by atoms with van der Waals surface area (Å²) in [5, 5.41) is 8.96. The van der Waals surface area contributed by atoms with Crippen molar-refractivity contribution in [3.8, 4) is 0 Å². The summed E-state index contributed by atoms with van der Waals surface area (Å²) in [6, 6.07) is 2.15. The Morgan fingerprint density at radius 2 is 2.00 bits per heavy atom. The monoisotopic (exact) mass is 279 g/mol. The number of carboxylic acid groups (broad SMARTS) is 1. The van der Waals surface area contributed by atoms with E-state index in [-0.39, 0.29) is 6.04 Å². The van der Waals surface area contributed by atoms with Gasteiger partial charge in [-0.1, -0.05) is 0 Å². The van der Waals surface area contributed by atoms with Crippen LogP contribution in [0.4, 0.5) is 16.6 Å². The van der Waals surface area contributed by atoms with Crippen molar-refractivity contribution in [2.24, 2.45) is 0 Å². The van der Waals surface area contributed by atoms with Crippen LogP contribution in [0.1, 0.15) is 12.8 Å². The van der Waals surface area contributed by atoms with Crippen molar-refractivity contribution in [3.05, 3.63) is 12.3 Å². The van der Waals surface area contributed by atoms with Crippen molar-refractivity contribution in [2.45, 2.75) is 18.9 Å². The van der Waals surface area contributed by atoms with Crippen molar-refractivity contribution >= 4 is 17.9 Å². The van der Waals surface area contributed by atoms with Gasteiger partial charge in [0.05, 0.1) is 0 Å². The molecule has 2 rings (SSSR count). The molecule has 0 aliphatic carbocycles. The Morgan fingerprint density at radius 3 is 2.55 bits per heavy atom. The van der Waals surface area contributed by atoms with Gasteiger partial charge in [-0.2, -0.15) is 4.98 Å². The second-order valence-electron chi connectivity index (χ2n) is 5.22. The molecule has 1 aliphatic rings. The van der Waals surface area contributed by atoms with E-state index < -0.39 is 6.09 Å². The van der Waals surface area contributed by atoms with Crippen LogP contribution in [0.5, 0.6) is 0 Å². The zero-order valence-corrected chi connectivity index (χ0v) is 12.2. The predicted molar refractivity (Wildman–Crippen MR) is 77.4 cm³/mol. The minimum Gasteiger partial charge on any atom is -0.465 e. The molecule has 0 spiro atoms. The van der Waals surface area contributed by atoms with Crippen LogP contribution in [0.3, 0.4) is 0 Å².